The number of nitrogen functional groups attached to an aromatic ring is 1. The van der Waals surface area contributed by atoms with E-state index in [0.717, 1.165) is 12.0 Å². The fraction of sp³-hybridized carbons (Fsp3) is 0.222. The zero-order valence-electron chi connectivity index (χ0n) is 6.90. The fourth-order valence-corrected chi connectivity index (χ4v) is 0.883. The first-order valence-electron chi connectivity index (χ1n) is 3.90. The van der Waals surface area contributed by atoms with E-state index in [0.29, 0.717) is 12.2 Å². The van der Waals surface area contributed by atoms with Crippen molar-refractivity contribution in [3.63, 3.8) is 0 Å². The molecule has 0 amide bonds. The highest BCUT2D eigenvalue weighted by molar-refractivity contribution is 5.53. The van der Waals surface area contributed by atoms with E-state index in [9.17, 15) is 0 Å². The summed E-state index contributed by atoms with van der Waals surface area (Å²) >= 11 is 0. The average molecular weight is 163 g/mol. The van der Waals surface area contributed by atoms with E-state index in [-0.39, 0.29) is 0 Å². The lowest BCUT2D eigenvalue weighted by Crippen LogP contribution is -1.95. The summed E-state index contributed by atoms with van der Waals surface area (Å²) in [7, 11) is 0. The monoisotopic (exact) mass is 163 g/mol. The molecule has 0 aliphatic heterocycles. The van der Waals surface area contributed by atoms with Gasteiger partial charge in [-0.25, -0.2) is 0 Å². The minimum Gasteiger partial charge on any atom is -0.397 e. The molecule has 0 spiro atoms. The quantitative estimate of drug-likeness (QED) is 0.699. The van der Waals surface area contributed by atoms with Crippen molar-refractivity contribution in [3.05, 3.63) is 30.1 Å². The third-order valence-corrected chi connectivity index (χ3v) is 1.42. The van der Waals surface area contributed by atoms with Crippen LogP contribution in [0.25, 0.3) is 6.08 Å². The van der Waals surface area contributed by atoms with E-state index in [1.54, 1.807) is 12.4 Å². The standard InChI is InChI=1S/C9H13N3/c10-4-2-1-3-8-5-9(11)7-12-6-8/h1,3,5-7H,2,4,10-11H2/b3-1+. The van der Waals surface area contributed by atoms with Crippen molar-refractivity contribution in [1.82, 2.24) is 4.98 Å². The Kier molecular flexibility index (Phi) is 3.29. The van der Waals surface area contributed by atoms with E-state index >= 15 is 0 Å². The van der Waals surface area contributed by atoms with Crippen LogP contribution in [0.4, 0.5) is 5.69 Å². The van der Waals surface area contributed by atoms with Crippen LogP contribution in [-0.2, 0) is 0 Å². The maximum absolute atomic E-state index is 5.54. The summed E-state index contributed by atoms with van der Waals surface area (Å²) in [6, 6.07) is 1.88. The Balaban J connectivity index is 2.63. The van der Waals surface area contributed by atoms with Crippen LogP contribution < -0.4 is 11.5 Å². The summed E-state index contributed by atoms with van der Waals surface area (Å²) in [6.07, 6.45) is 8.26. The number of nitrogens with two attached hydrogens (primary N) is 2. The van der Waals surface area contributed by atoms with E-state index in [1.807, 2.05) is 18.2 Å². The summed E-state index contributed by atoms with van der Waals surface area (Å²) in [5.74, 6) is 0. The molecular formula is C9H13N3. The summed E-state index contributed by atoms with van der Waals surface area (Å²) in [6.45, 7) is 0.673. The first kappa shape index (κ1) is 8.74. The lowest BCUT2D eigenvalue weighted by Gasteiger charge is -1.93. The molecular weight excluding hydrogens is 150 g/mol. The molecule has 0 saturated heterocycles. The van der Waals surface area contributed by atoms with Gasteiger partial charge in [-0.15, -0.1) is 0 Å². The van der Waals surface area contributed by atoms with Gasteiger partial charge in [0.15, 0.2) is 0 Å². The van der Waals surface area contributed by atoms with Gasteiger partial charge >= 0.3 is 0 Å². The van der Waals surface area contributed by atoms with E-state index in [2.05, 4.69) is 4.98 Å². The molecule has 0 fully saturated rings. The first-order valence-corrected chi connectivity index (χ1v) is 3.90. The van der Waals surface area contributed by atoms with Crippen molar-refractivity contribution >= 4 is 11.8 Å². The zero-order chi connectivity index (χ0) is 8.81. The van der Waals surface area contributed by atoms with Gasteiger partial charge < -0.3 is 11.5 Å². The van der Waals surface area contributed by atoms with E-state index < -0.39 is 0 Å². The van der Waals surface area contributed by atoms with Gasteiger partial charge in [-0.2, -0.15) is 0 Å². The molecule has 0 atom stereocenters. The lowest BCUT2D eigenvalue weighted by molar-refractivity contribution is 1.01. The van der Waals surface area contributed by atoms with Gasteiger partial charge in [0.2, 0.25) is 0 Å². The first-order chi connectivity index (χ1) is 5.83. The molecule has 12 heavy (non-hydrogen) atoms. The van der Waals surface area contributed by atoms with Crippen LogP contribution >= 0.6 is 0 Å². The molecule has 3 nitrogen and oxygen atoms in total. The Morgan fingerprint density at radius 2 is 2.25 bits per heavy atom. The molecule has 0 aliphatic rings. The predicted molar refractivity (Wildman–Crippen MR) is 51.4 cm³/mol. The Labute approximate surface area is 72.1 Å². The number of pyridine rings is 1. The van der Waals surface area contributed by atoms with Crippen molar-refractivity contribution in [2.75, 3.05) is 12.3 Å². The van der Waals surface area contributed by atoms with Crippen LogP contribution in [0.3, 0.4) is 0 Å². The highest BCUT2D eigenvalue weighted by atomic mass is 14.7. The molecule has 0 aromatic carbocycles. The maximum Gasteiger partial charge on any atom is 0.0506 e. The second-order valence-corrected chi connectivity index (χ2v) is 2.53. The van der Waals surface area contributed by atoms with Crippen LogP contribution in [0.15, 0.2) is 24.5 Å². The number of rotatable bonds is 3. The summed E-state index contributed by atoms with van der Waals surface area (Å²) in [4.78, 5) is 3.96. The molecule has 1 aromatic rings. The summed E-state index contributed by atoms with van der Waals surface area (Å²) < 4.78 is 0. The molecule has 0 radical (unpaired) electrons. The molecule has 0 unspecified atom stereocenters. The summed E-state index contributed by atoms with van der Waals surface area (Å²) in [5, 5.41) is 0. The molecule has 0 aliphatic carbocycles. The van der Waals surface area contributed by atoms with E-state index in [4.69, 9.17) is 11.5 Å². The lowest BCUT2D eigenvalue weighted by atomic mass is 10.2. The maximum atomic E-state index is 5.54. The molecule has 0 bridgehead atoms. The number of nitrogens with zero attached hydrogens (tertiary/aromatic N) is 1. The van der Waals surface area contributed by atoms with Crippen molar-refractivity contribution < 1.29 is 0 Å². The van der Waals surface area contributed by atoms with Crippen LogP contribution in [0.2, 0.25) is 0 Å². The van der Waals surface area contributed by atoms with Gasteiger partial charge in [-0.05, 0) is 24.6 Å². The molecule has 1 rings (SSSR count). The van der Waals surface area contributed by atoms with Crippen LogP contribution in [0.5, 0.6) is 0 Å². The van der Waals surface area contributed by atoms with Gasteiger partial charge in [0.1, 0.15) is 0 Å². The van der Waals surface area contributed by atoms with Crippen LogP contribution in [-0.4, -0.2) is 11.5 Å². The molecule has 64 valence electrons. The van der Waals surface area contributed by atoms with Crippen LogP contribution in [0, 0.1) is 0 Å². The minimum absolute atomic E-state index is 0.673. The third-order valence-electron chi connectivity index (χ3n) is 1.42. The van der Waals surface area contributed by atoms with E-state index in [1.165, 1.54) is 0 Å². The molecule has 1 aromatic heterocycles. The molecule has 1 heterocycles. The van der Waals surface area contributed by atoms with Crippen LogP contribution in [0.1, 0.15) is 12.0 Å². The van der Waals surface area contributed by atoms with Crippen molar-refractivity contribution in [2.24, 2.45) is 5.73 Å². The Morgan fingerprint density at radius 1 is 1.42 bits per heavy atom. The third kappa shape index (κ3) is 2.72. The topological polar surface area (TPSA) is 64.9 Å². The van der Waals surface area contributed by atoms with Crippen molar-refractivity contribution in [2.45, 2.75) is 6.42 Å². The SMILES string of the molecule is NCC/C=C/c1cncc(N)c1. The highest BCUT2D eigenvalue weighted by Gasteiger charge is 1.87. The largest absolute Gasteiger partial charge is 0.397 e. The second-order valence-electron chi connectivity index (χ2n) is 2.53. The Hall–Kier alpha value is -1.35. The normalized spacial score (nSPS) is 10.8. The zero-order valence-corrected chi connectivity index (χ0v) is 6.90. The number of aromatic nitrogens is 1. The smallest absolute Gasteiger partial charge is 0.0506 e. The molecule has 3 heteroatoms. The number of anilines is 1. The van der Waals surface area contributed by atoms with Gasteiger partial charge in [0.05, 0.1) is 5.69 Å². The van der Waals surface area contributed by atoms with Crippen molar-refractivity contribution in [1.29, 1.82) is 0 Å². The van der Waals surface area contributed by atoms with Crippen molar-refractivity contribution in [3.8, 4) is 0 Å². The summed E-state index contributed by atoms with van der Waals surface area (Å²) in [5.41, 5.74) is 12.6. The van der Waals surface area contributed by atoms with Gasteiger partial charge in [0.25, 0.3) is 0 Å². The second kappa shape index (κ2) is 4.51. The average Bonchev–Trinajstić information content (AvgIpc) is 2.05. The van der Waals surface area contributed by atoms with Gasteiger partial charge in [-0.3, -0.25) is 4.98 Å². The molecule has 4 N–H and O–H groups in total. The predicted octanol–water partition coefficient (Wildman–Crippen LogP) is 1.03. The fourth-order valence-electron chi connectivity index (χ4n) is 0.883. The Morgan fingerprint density at radius 3 is 2.92 bits per heavy atom. The number of hydrogen-bond acceptors (Lipinski definition) is 3. The Bertz CT molecular complexity index is 268. The minimum atomic E-state index is 0.673. The molecule has 0 saturated carbocycles. The van der Waals surface area contributed by atoms with Gasteiger partial charge in [0, 0.05) is 12.4 Å². The number of hydrogen-bond donors (Lipinski definition) is 2. The van der Waals surface area contributed by atoms with Gasteiger partial charge in [-0.1, -0.05) is 12.2 Å². The highest BCUT2D eigenvalue weighted by Crippen LogP contribution is 2.05.